The molecule has 0 unspecified atom stereocenters. The number of halogens is 1. The van der Waals surface area contributed by atoms with Gasteiger partial charge in [-0.1, -0.05) is 53.6 Å². The lowest BCUT2D eigenvalue weighted by Crippen LogP contribution is -3.28. The van der Waals surface area contributed by atoms with Crippen molar-refractivity contribution in [3.8, 4) is 0 Å². The highest BCUT2D eigenvalue weighted by molar-refractivity contribution is 6.33. The Morgan fingerprint density at radius 1 is 1.04 bits per heavy atom. The second-order valence-corrected chi connectivity index (χ2v) is 7.28. The number of hydrogen-bond acceptors (Lipinski definition) is 1. The van der Waals surface area contributed by atoms with E-state index in [1.54, 1.807) is 11.0 Å². The summed E-state index contributed by atoms with van der Waals surface area (Å²) in [6.07, 6.45) is 0. The Hall–Kier alpha value is -1.88. The SMILES string of the molecule is Cc1cccc(C[NH+]2CC[NH+](CC(=O)Nc3ccccc3Cl)CC2)c1. The Labute approximate surface area is 154 Å². The first-order valence-corrected chi connectivity index (χ1v) is 9.25. The number of piperazine rings is 1. The number of nitrogens with one attached hydrogen (secondary N) is 3. The second kappa shape index (κ2) is 8.48. The summed E-state index contributed by atoms with van der Waals surface area (Å²) in [6, 6.07) is 16.1. The monoisotopic (exact) mass is 359 g/mol. The van der Waals surface area contributed by atoms with Crippen LogP contribution < -0.4 is 15.1 Å². The summed E-state index contributed by atoms with van der Waals surface area (Å²) in [5, 5.41) is 3.50. The quantitative estimate of drug-likeness (QED) is 0.717. The number of carbonyl (C=O) groups excluding carboxylic acids is 1. The molecule has 0 saturated carbocycles. The van der Waals surface area contributed by atoms with Gasteiger partial charge in [-0.25, -0.2) is 0 Å². The molecule has 1 fully saturated rings. The summed E-state index contributed by atoms with van der Waals surface area (Å²) in [7, 11) is 0. The van der Waals surface area contributed by atoms with Crippen molar-refractivity contribution in [2.75, 3.05) is 38.0 Å². The molecule has 0 atom stereocenters. The van der Waals surface area contributed by atoms with E-state index >= 15 is 0 Å². The van der Waals surface area contributed by atoms with Gasteiger partial charge in [0, 0.05) is 5.56 Å². The fourth-order valence-electron chi connectivity index (χ4n) is 3.41. The summed E-state index contributed by atoms with van der Waals surface area (Å²) in [5.41, 5.74) is 3.41. The van der Waals surface area contributed by atoms with Gasteiger partial charge in [-0.2, -0.15) is 0 Å². The van der Waals surface area contributed by atoms with Crippen LogP contribution in [-0.2, 0) is 11.3 Å². The first-order chi connectivity index (χ1) is 12.1. The third-order valence-corrected chi connectivity index (χ3v) is 5.09. The fraction of sp³-hybridized carbons (Fsp3) is 0.350. The summed E-state index contributed by atoms with van der Waals surface area (Å²) < 4.78 is 0. The molecule has 1 aliphatic heterocycles. The van der Waals surface area contributed by atoms with E-state index in [2.05, 4.69) is 36.5 Å². The Kier molecular flexibility index (Phi) is 6.08. The van der Waals surface area contributed by atoms with Crippen LogP contribution in [0.5, 0.6) is 0 Å². The average molecular weight is 360 g/mol. The lowest BCUT2D eigenvalue weighted by atomic mass is 10.1. The van der Waals surface area contributed by atoms with Crippen molar-refractivity contribution in [3.05, 3.63) is 64.7 Å². The van der Waals surface area contributed by atoms with E-state index in [0.29, 0.717) is 17.3 Å². The van der Waals surface area contributed by atoms with E-state index in [4.69, 9.17) is 11.6 Å². The molecule has 0 spiro atoms. The van der Waals surface area contributed by atoms with Crippen LogP contribution in [0.25, 0.3) is 0 Å². The summed E-state index contributed by atoms with van der Waals surface area (Å²) in [6.45, 7) is 7.96. The molecular formula is C20H26ClN3O+2. The molecule has 0 radical (unpaired) electrons. The molecule has 0 aromatic heterocycles. The minimum atomic E-state index is 0.0326. The highest BCUT2D eigenvalue weighted by Crippen LogP contribution is 2.19. The number of quaternary nitrogens is 2. The molecule has 2 aromatic rings. The summed E-state index contributed by atoms with van der Waals surface area (Å²) in [4.78, 5) is 15.2. The lowest BCUT2D eigenvalue weighted by Gasteiger charge is -2.29. The third kappa shape index (κ3) is 5.30. The Balaban J connectivity index is 1.44. The van der Waals surface area contributed by atoms with Gasteiger partial charge in [0.15, 0.2) is 6.54 Å². The van der Waals surface area contributed by atoms with Crippen molar-refractivity contribution in [2.45, 2.75) is 13.5 Å². The number of hydrogen-bond donors (Lipinski definition) is 3. The van der Waals surface area contributed by atoms with Crippen molar-refractivity contribution < 1.29 is 14.6 Å². The van der Waals surface area contributed by atoms with E-state index in [9.17, 15) is 4.79 Å². The predicted molar refractivity (Wildman–Crippen MR) is 101 cm³/mol. The van der Waals surface area contributed by atoms with Crippen molar-refractivity contribution in [1.29, 1.82) is 0 Å². The number of para-hydroxylation sites is 1. The Morgan fingerprint density at radius 2 is 1.76 bits per heavy atom. The zero-order valence-corrected chi connectivity index (χ0v) is 15.4. The average Bonchev–Trinajstić information content (AvgIpc) is 2.59. The van der Waals surface area contributed by atoms with Gasteiger partial charge >= 0.3 is 0 Å². The normalized spacial score (nSPS) is 20.2. The lowest BCUT2D eigenvalue weighted by molar-refractivity contribution is -1.02. The van der Waals surface area contributed by atoms with Gasteiger partial charge in [0.1, 0.15) is 32.7 Å². The maximum atomic E-state index is 12.2. The zero-order chi connectivity index (χ0) is 17.6. The molecule has 0 bridgehead atoms. The van der Waals surface area contributed by atoms with Crippen LogP contribution in [0.1, 0.15) is 11.1 Å². The molecule has 1 saturated heterocycles. The zero-order valence-electron chi connectivity index (χ0n) is 14.6. The van der Waals surface area contributed by atoms with E-state index in [1.807, 2.05) is 18.2 Å². The fourth-order valence-corrected chi connectivity index (χ4v) is 3.59. The summed E-state index contributed by atoms with van der Waals surface area (Å²) in [5.74, 6) is 0.0326. The van der Waals surface area contributed by atoms with Gasteiger partial charge < -0.3 is 15.1 Å². The highest BCUT2D eigenvalue weighted by Gasteiger charge is 2.25. The highest BCUT2D eigenvalue weighted by atomic mass is 35.5. The van der Waals surface area contributed by atoms with Crippen LogP contribution in [0, 0.1) is 6.92 Å². The smallest absolute Gasteiger partial charge is 0.279 e. The largest absolute Gasteiger partial charge is 0.322 e. The molecule has 4 nitrogen and oxygen atoms in total. The third-order valence-electron chi connectivity index (χ3n) is 4.76. The van der Waals surface area contributed by atoms with Crippen LogP contribution in [-0.4, -0.2) is 38.6 Å². The van der Waals surface area contributed by atoms with Crippen molar-refractivity contribution in [3.63, 3.8) is 0 Å². The second-order valence-electron chi connectivity index (χ2n) is 6.87. The first-order valence-electron chi connectivity index (χ1n) is 8.87. The van der Waals surface area contributed by atoms with Crippen LogP contribution in [0.3, 0.4) is 0 Å². The van der Waals surface area contributed by atoms with Gasteiger partial charge in [0.25, 0.3) is 5.91 Å². The maximum absolute atomic E-state index is 12.2. The molecule has 2 aromatic carbocycles. The molecule has 1 aliphatic rings. The van der Waals surface area contributed by atoms with Crippen LogP contribution in [0.4, 0.5) is 5.69 Å². The van der Waals surface area contributed by atoms with E-state index < -0.39 is 0 Å². The minimum absolute atomic E-state index is 0.0326. The Morgan fingerprint density at radius 3 is 2.48 bits per heavy atom. The molecule has 132 valence electrons. The van der Waals surface area contributed by atoms with Crippen LogP contribution in [0.15, 0.2) is 48.5 Å². The molecule has 3 rings (SSSR count). The molecule has 5 heteroatoms. The molecular weight excluding hydrogens is 334 g/mol. The summed E-state index contributed by atoms with van der Waals surface area (Å²) >= 11 is 6.09. The number of amides is 1. The Bertz CT molecular complexity index is 726. The topological polar surface area (TPSA) is 38.0 Å². The molecule has 1 heterocycles. The van der Waals surface area contributed by atoms with E-state index in [0.717, 1.165) is 32.7 Å². The molecule has 1 amide bonds. The van der Waals surface area contributed by atoms with Gasteiger partial charge in [-0.05, 0) is 19.1 Å². The van der Waals surface area contributed by atoms with Crippen molar-refractivity contribution in [2.24, 2.45) is 0 Å². The van der Waals surface area contributed by atoms with E-state index in [-0.39, 0.29) is 5.91 Å². The van der Waals surface area contributed by atoms with Gasteiger partial charge in [0.2, 0.25) is 0 Å². The van der Waals surface area contributed by atoms with Gasteiger partial charge in [-0.3, -0.25) is 4.79 Å². The van der Waals surface area contributed by atoms with Crippen LogP contribution >= 0.6 is 11.6 Å². The standard InChI is InChI=1S/C20H24ClN3O/c1-16-5-4-6-17(13-16)14-23-9-11-24(12-10-23)15-20(25)22-19-8-3-2-7-18(19)21/h2-8,13H,9-12,14-15H2,1H3,(H,22,25)/p+2. The number of benzene rings is 2. The molecule has 3 N–H and O–H groups in total. The van der Waals surface area contributed by atoms with Gasteiger partial charge in [-0.15, -0.1) is 0 Å². The minimum Gasteiger partial charge on any atom is -0.322 e. The number of anilines is 1. The predicted octanol–water partition coefficient (Wildman–Crippen LogP) is 0.571. The van der Waals surface area contributed by atoms with Crippen molar-refractivity contribution >= 4 is 23.2 Å². The van der Waals surface area contributed by atoms with Gasteiger partial charge in [0.05, 0.1) is 10.7 Å². The first kappa shape index (κ1) is 17.9. The number of aryl methyl sites for hydroxylation is 1. The number of carbonyl (C=O) groups is 1. The van der Waals surface area contributed by atoms with Crippen LogP contribution in [0.2, 0.25) is 5.02 Å². The van der Waals surface area contributed by atoms with Crippen molar-refractivity contribution in [1.82, 2.24) is 0 Å². The molecule has 25 heavy (non-hydrogen) atoms. The van der Waals surface area contributed by atoms with E-state index in [1.165, 1.54) is 16.0 Å². The number of rotatable bonds is 5. The molecule has 0 aliphatic carbocycles. The maximum Gasteiger partial charge on any atom is 0.279 e.